The van der Waals surface area contributed by atoms with Crippen molar-refractivity contribution < 1.29 is 0 Å². The van der Waals surface area contributed by atoms with Crippen molar-refractivity contribution in [2.24, 2.45) is 0 Å². The Morgan fingerprint density at radius 2 is 0.645 bits per heavy atom. The second-order valence-corrected chi connectivity index (χ2v) is 9.39. The third-order valence-electron chi connectivity index (χ3n) is 7.87. The van der Waals surface area contributed by atoms with E-state index in [4.69, 9.17) is 0 Å². The lowest BCUT2D eigenvalue weighted by Crippen LogP contribution is -1.85. The van der Waals surface area contributed by atoms with Gasteiger partial charge in [0, 0.05) is 0 Å². The minimum absolute atomic E-state index is 1.03. The Morgan fingerprint density at radius 1 is 0.323 bits per heavy atom. The van der Waals surface area contributed by atoms with Gasteiger partial charge in [-0.25, -0.2) is 0 Å². The number of rotatable bonds is 0. The van der Waals surface area contributed by atoms with Gasteiger partial charge in [0.15, 0.2) is 0 Å². The van der Waals surface area contributed by atoms with Gasteiger partial charge in [0.2, 0.25) is 0 Å². The summed E-state index contributed by atoms with van der Waals surface area (Å²) in [5.74, 6) is 0. The predicted octanol–water partition coefficient (Wildman–Crippen LogP) is 8.54. The van der Waals surface area contributed by atoms with Crippen molar-refractivity contribution in [2.45, 2.75) is 6.42 Å². The monoisotopic (exact) mass is 388 g/mol. The van der Waals surface area contributed by atoms with Crippen LogP contribution < -0.4 is 0 Å². The van der Waals surface area contributed by atoms with Crippen molar-refractivity contribution in [1.82, 2.24) is 0 Å². The Morgan fingerprint density at radius 3 is 1.06 bits per heavy atom. The van der Waals surface area contributed by atoms with Crippen LogP contribution >= 0.6 is 0 Å². The van der Waals surface area contributed by atoms with Crippen LogP contribution in [0.3, 0.4) is 0 Å². The molecule has 1 aliphatic carbocycles. The summed E-state index contributed by atoms with van der Waals surface area (Å²) >= 11 is 0. The van der Waals surface area contributed by atoms with E-state index < -0.39 is 0 Å². The zero-order chi connectivity index (χ0) is 19.8. The Bertz CT molecular complexity index is 1910. The molecule has 0 N–H and O–H groups in total. The smallest absolute Gasteiger partial charge is 0.00130 e. The quantitative estimate of drug-likeness (QED) is 0.180. The SMILES string of the molecule is c1cc2cc3ccc4cc5ccc6cc7ccc8c9c7cc6c5cc4c3cc2c9c1C8. The van der Waals surface area contributed by atoms with E-state index in [0.717, 1.165) is 6.42 Å². The lowest BCUT2D eigenvalue weighted by atomic mass is 9.93. The number of hydrogen-bond donors (Lipinski definition) is 0. The van der Waals surface area contributed by atoms with Crippen molar-refractivity contribution in [3.63, 3.8) is 0 Å². The molecule has 8 aromatic rings. The molecular weight excluding hydrogens is 372 g/mol. The molecule has 0 heterocycles. The van der Waals surface area contributed by atoms with E-state index in [1.165, 1.54) is 86.5 Å². The van der Waals surface area contributed by atoms with Gasteiger partial charge in [-0.3, -0.25) is 0 Å². The topological polar surface area (TPSA) is 0 Å². The normalized spacial score (nSPS) is 13.7. The molecule has 0 amide bonds. The molecule has 0 aromatic heterocycles. The van der Waals surface area contributed by atoms with E-state index >= 15 is 0 Å². The van der Waals surface area contributed by atoms with Gasteiger partial charge in [0.1, 0.15) is 0 Å². The summed E-state index contributed by atoms with van der Waals surface area (Å²) in [5, 5.41) is 19.2. The molecule has 0 saturated heterocycles. The second kappa shape index (κ2) is 4.71. The van der Waals surface area contributed by atoms with E-state index in [1.807, 2.05) is 0 Å². The Kier molecular flexibility index (Phi) is 2.28. The van der Waals surface area contributed by atoms with Gasteiger partial charge < -0.3 is 0 Å². The van der Waals surface area contributed by atoms with Crippen LogP contribution in [-0.2, 0) is 6.42 Å². The van der Waals surface area contributed by atoms with E-state index in [0.29, 0.717) is 0 Å². The van der Waals surface area contributed by atoms with Crippen molar-refractivity contribution in [3.05, 3.63) is 96.1 Å². The minimum Gasteiger partial charge on any atom is -0.0574 e. The van der Waals surface area contributed by atoms with Gasteiger partial charge in [0.25, 0.3) is 0 Å². The zero-order valence-corrected chi connectivity index (χ0v) is 16.8. The lowest BCUT2D eigenvalue weighted by Gasteiger charge is -2.11. The third kappa shape index (κ3) is 1.64. The van der Waals surface area contributed by atoms with Gasteiger partial charge in [-0.1, -0.05) is 48.5 Å². The molecule has 0 radical (unpaired) electrons. The standard InChI is InChI=1S/C31H16/c1-3-18-10-20-5-7-22-12-23-8-6-21-11-19-4-2-17-9-16(1)24-13-25(17)27(19)15-29(21)31(23)30(22)28(20)14-26(18)24/h1-11,13-15H,12H2. The maximum absolute atomic E-state index is 2.47. The van der Waals surface area contributed by atoms with Crippen molar-refractivity contribution >= 4 is 75.4 Å². The highest BCUT2D eigenvalue weighted by molar-refractivity contribution is 6.27. The summed E-state index contributed by atoms with van der Waals surface area (Å²) in [6.45, 7) is 0. The van der Waals surface area contributed by atoms with E-state index in [2.05, 4.69) is 84.9 Å². The summed E-state index contributed by atoms with van der Waals surface area (Å²) in [4.78, 5) is 0. The molecule has 0 spiro atoms. The molecule has 0 aliphatic heterocycles. The Labute approximate surface area is 178 Å². The van der Waals surface area contributed by atoms with Crippen molar-refractivity contribution in [3.8, 4) is 0 Å². The summed E-state index contributed by atoms with van der Waals surface area (Å²) in [7, 11) is 0. The largest absolute Gasteiger partial charge is 0.0574 e. The van der Waals surface area contributed by atoms with Gasteiger partial charge in [0.05, 0.1) is 0 Å². The fourth-order valence-corrected chi connectivity index (χ4v) is 6.44. The van der Waals surface area contributed by atoms with Gasteiger partial charge >= 0.3 is 0 Å². The van der Waals surface area contributed by atoms with Crippen LogP contribution in [0, 0.1) is 0 Å². The van der Waals surface area contributed by atoms with Crippen LogP contribution in [0.2, 0.25) is 0 Å². The van der Waals surface area contributed by atoms with Gasteiger partial charge in [-0.05, 0) is 129 Å². The highest BCUT2D eigenvalue weighted by Crippen LogP contribution is 2.44. The molecule has 0 saturated carbocycles. The number of hydrogen-bond acceptors (Lipinski definition) is 0. The maximum atomic E-state index is 2.47. The third-order valence-corrected chi connectivity index (χ3v) is 7.87. The molecular formula is C31H16. The molecule has 1 aliphatic rings. The summed E-state index contributed by atoms with van der Waals surface area (Å²) in [6.07, 6.45) is 1.03. The number of benzene rings is 7. The van der Waals surface area contributed by atoms with Crippen LogP contribution in [0.1, 0.15) is 11.1 Å². The first-order valence-electron chi connectivity index (χ1n) is 11.1. The molecule has 0 heteroatoms. The van der Waals surface area contributed by atoms with Crippen LogP contribution in [0.5, 0.6) is 0 Å². The van der Waals surface area contributed by atoms with E-state index in [9.17, 15) is 0 Å². The molecule has 0 unspecified atom stereocenters. The Hall–Kier alpha value is -3.90. The molecule has 0 fully saturated rings. The lowest BCUT2D eigenvalue weighted by molar-refractivity contribution is 1.28. The fraction of sp³-hybridized carbons (Fsp3) is 0.0323. The van der Waals surface area contributed by atoms with Crippen molar-refractivity contribution in [1.29, 1.82) is 0 Å². The molecule has 0 atom stereocenters. The van der Waals surface area contributed by atoms with Crippen LogP contribution in [0.4, 0.5) is 0 Å². The minimum atomic E-state index is 1.03. The molecule has 0 nitrogen and oxygen atoms in total. The molecule has 31 heavy (non-hydrogen) atoms. The molecule has 6 bridgehead atoms. The van der Waals surface area contributed by atoms with E-state index in [1.54, 1.807) is 0 Å². The zero-order valence-electron chi connectivity index (χ0n) is 16.8. The first kappa shape index (κ1) is 15.0. The maximum Gasteiger partial charge on any atom is -0.00130 e. The Balaban J connectivity index is 1.78. The first-order valence-corrected chi connectivity index (χ1v) is 11.1. The molecule has 9 rings (SSSR count). The van der Waals surface area contributed by atoms with Gasteiger partial charge in [-0.15, -0.1) is 0 Å². The van der Waals surface area contributed by atoms with Gasteiger partial charge in [-0.2, -0.15) is 0 Å². The highest BCUT2D eigenvalue weighted by Gasteiger charge is 2.19. The molecule has 140 valence electrons. The van der Waals surface area contributed by atoms with Crippen LogP contribution in [0.25, 0.3) is 75.4 Å². The predicted molar refractivity (Wildman–Crippen MR) is 134 cm³/mol. The highest BCUT2D eigenvalue weighted by atomic mass is 14.2. The average molecular weight is 388 g/mol. The van der Waals surface area contributed by atoms with E-state index in [-0.39, 0.29) is 0 Å². The van der Waals surface area contributed by atoms with Crippen molar-refractivity contribution in [2.75, 3.05) is 0 Å². The summed E-state index contributed by atoms with van der Waals surface area (Å²) in [6, 6.07) is 33.0. The van der Waals surface area contributed by atoms with Crippen LogP contribution in [-0.4, -0.2) is 0 Å². The van der Waals surface area contributed by atoms with Crippen LogP contribution in [0.15, 0.2) is 84.9 Å². The molecule has 8 aromatic carbocycles. The summed E-state index contributed by atoms with van der Waals surface area (Å²) < 4.78 is 0. The fourth-order valence-electron chi connectivity index (χ4n) is 6.44. The summed E-state index contributed by atoms with van der Waals surface area (Å²) in [5.41, 5.74) is 2.93. The second-order valence-electron chi connectivity index (χ2n) is 9.39. The average Bonchev–Trinajstić information content (AvgIpc) is 3.19. The first-order chi connectivity index (χ1) is 15.3.